The van der Waals surface area contributed by atoms with Gasteiger partial charge in [-0.15, -0.1) is 5.10 Å². The summed E-state index contributed by atoms with van der Waals surface area (Å²) in [7, 11) is 1.51. The summed E-state index contributed by atoms with van der Waals surface area (Å²) in [5.41, 5.74) is 12.8. The average Bonchev–Trinajstić information content (AvgIpc) is 2.62. The number of anilines is 1. The van der Waals surface area contributed by atoms with Crippen molar-refractivity contribution in [1.82, 2.24) is 0 Å². The van der Waals surface area contributed by atoms with Gasteiger partial charge in [-0.1, -0.05) is 18.2 Å². The van der Waals surface area contributed by atoms with Crippen molar-refractivity contribution in [3.05, 3.63) is 53.6 Å². The quantitative estimate of drug-likeness (QED) is 0.395. The topological polar surface area (TPSA) is 124 Å². The Morgan fingerprint density at radius 1 is 1.19 bits per heavy atom. The number of amides is 1. The van der Waals surface area contributed by atoms with E-state index < -0.39 is 0 Å². The van der Waals surface area contributed by atoms with E-state index in [-0.39, 0.29) is 18.5 Å². The molecule has 0 aliphatic heterocycles. The number of aryl methyl sites for hydroxylation is 1. The maximum Gasteiger partial charge on any atom is 0.262 e. The number of para-hydroxylation sites is 1. The fourth-order valence-corrected chi connectivity index (χ4v) is 2.09. The van der Waals surface area contributed by atoms with E-state index in [1.807, 2.05) is 31.2 Å². The Bertz CT molecular complexity index is 829. The summed E-state index contributed by atoms with van der Waals surface area (Å²) in [6, 6.07) is 12.6. The van der Waals surface area contributed by atoms with Crippen molar-refractivity contribution in [1.29, 1.82) is 0 Å². The van der Waals surface area contributed by atoms with E-state index in [0.29, 0.717) is 17.1 Å². The molecule has 1 amide bonds. The molecule has 0 aliphatic rings. The minimum atomic E-state index is -0.264. The highest BCUT2D eigenvalue weighted by molar-refractivity contribution is 5.92. The molecule has 8 heteroatoms. The molecule has 0 aliphatic carbocycles. The molecule has 26 heavy (non-hydrogen) atoms. The molecule has 2 rings (SSSR count). The third-order valence-corrected chi connectivity index (χ3v) is 3.35. The third-order valence-electron chi connectivity index (χ3n) is 3.35. The second-order valence-electron chi connectivity index (χ2n) is 5.33. The van der Waals surface area contributed by atoms with Crippen molar-refractivity contribution < 1.29 is 14.3 Å². The molecule has 0 unspecified atom stereocenters. The molecule has 0 aromatic heterocycles. The lowest BCUT2D eigenvalue weighted by atomic mass is 10.2. The lowest BCUT2D eigenvalue weighted by Crippen LogP contribution is -2.21. The number of rotatable bonds is 7. The molecule has 0 saturated carbocycles. The maximum atomic E-state index is 12.1. The van der Waals surface area contributed by atoms with Crippen LogP contribution in [0.3, 0.4) is 0 Å². The number of carbonyl (C=O) groups excluding carboxylic acids is 1. The highest BCUT2D eigenvalue weighted by Gasteiger charge is 2.09. The highest BCUT2D eigenvalue weighted by Crippen LogP contribution is 2.27. The standard InChI is InChI=1S/C18H21N5O3/c1-12-5-3-4-6-14(12)22-17(24)11-26-15-8-7-13(9-16(15)25-2)10-21-23-18(19)20/h3-10H,11H2,1-2H3,(H,22,24)(H4,19,20,23). The Kier molecular flexibility index (Phi) is 6.55. The van der Waals surface area contributed by atoms with Crippen LogP contribution in [0.1, 0.15) is 11.1 Å². The summed E-state index contributed by atoms with van der Waals surface area (Å²) >= 11 is 0. The first kappa shape index (κ1) is 18.8. The second-order valence-corrected chi connectivity index (χ2v) is 5.33. The summed E-state index contributed by atoms with van der Waals surface area (Å²) in [5, 5.41) is 10.1. The Balaban J connectivity index is 2.00. The summed E-state index contributed by atoms with van der Waals surface area (Å²) in [4.78, 5) is 12.1. The number of carbonyl (C=O) groups is 1. The molecule has 0 saturated heterocycles. The second kappa shape index (κ2) is 9.07. The first-order chi connectivity index (χ1) is 12.5. The van der Waals surface area contributed by atoms with E-state index in [4.69, 9.17) is 20.9 Å². The van der Waals surface area contributed by atoms with Crippen molar-refractivity contribution >= 4 is 23.8 Å². The van der Waals surface area contributed by atoms with Gasteiger partial charge in [-0.25, -0.2) is 0 Å². The first-order valence-electron chi connectivity index (χ1n) is 7.78. The number of guanidine groups is 1. The normalized spacial score (nSPS) is 10.4. The van der Waals surface area contributed by atoms with Crippen LogP contribution in [0, 0.1) is 6.92 Å². The van der Waals surface area contributed by atoms with Gasteiger partial charge < -0.3 is 26.3 Å². The van der Waals surface area contributed by atoms with Gasteiger partial charge in [0.25, 0.3) is 5.91 Å². The van der Waals surface area contributed by atoms with E-state index >= 15 is 0 Å². The Morgan fingerprint density at radius 2 is 1.96 bits per heavy atom. The lowest BCUT2D eigenvalue weighted by molar-refractivity contribution is -0.118. The molecule has 136 valence electrons. The average molecular weight is 355 g/mol. The van der Waals surface area contributed by atoms with Crippen LogP contribution < -0.4 is 26.3 Å². The van der Waals surface area contributed by atoms with Crippen molar-refractivity contribution in [3.63, 3.8) is 0 Å². The van der Waals surface area contributed by atoms with Crippen molar-refractivity contribution in [2.24, 2.45) is 21.7 Å². The molecule has 2 aromatic carbocycles. The van der Waals surface area contributed by atoms with E-state index in [9.17, 15) is 4.79 Å². The number of benzene rings is 2. The number of nitrogens with one attached hydrogen (secondary N) is 1. The zero-order valence-corrected chi connectivity index (χ0v) is 14.6. The molecule has 0 atom stereocenters. The van der Waals surface area contributed by atoms with Crippen LogP contribution in [0.4, 0.5) is 5.69 Å². The number of hydrogen-bond acceptors (Lipinski definition) is 5. The molecule has 0 bridgehead atoms. The summed E-state index contributed by atoms with van der Waals surface area (Å²) in [6.45, 7) is 1.77. The lowest BCUT2D eigenvalue weighted by Gasteiger charge is -2.12. The van der Waals surface area contributed by atoms with Crippen LogP contribution >= 0.6 is 0 Å². The molecule has 5 N–H and O–H groups in total. The summed E-state index contributed by atoms with van der Waals surface area (Å²) in [6.07, 6.45) is 1.47. The van der Waals surface area contributed by atoms with E-state index in [1.165, 1.54) is 13.3 Å². The molecule has 2 aromatic rings. The Labute approximate surface area is 151 Å². The number of hydrogen-bond donors (Lipinski definition) is 3. The number of nitrogens with two attached hydrogens (primary N) is 2. The molecule has 0 spiro atoms. The van der Waals surface area contributed by atoms with Crippen LogP contribution in [0.5, 0.6) is 11.5 Å². The Hall–Kier alpha value is -3.55. The van der Waals surface area contributed by atoms with Gasteiger partial charge >= 0.3 is 0 Å². The monoisotopic (exact) mass is 355 g/mol. The molecule has 0 radical (unpaired) electrons. The van der Waals surface area contributed by atoms with Crippen LogP contribution in [-0.4, -0.2) is 31.8 Å². The van der Waals surface area contributed by atoms with E-state index in [1.54, 1.807) is 18.2 Å². The largest absolute Gasteiger partial charge is 0.493 e. The zero-order chi connectivity index (χ0) is 18.9. The maximum absolute atomic E-state index is 12.1. The Morgan fingerprint density at radius 3 is 2.65 bits per heavy atom. The van der Waals surface area contributed by atoms with Gasteiger partial charge in [0.15, 0.2) is 18.1 Å². The fraction of sp³-hybridized carbons (Fsp3) is 0.167. The number of methoxy groups -OCH3 is 1. The summed E-state index contributed by atoms with van der Waals surface area (Å²) < 4.78 is 10.8. The van der Waals surface area contributed by atoms with Gasteiger partial charge in [-0.3, -0.25) is 4.79 Å². The first-order valence-corrected chi connectivity index (χ1v) is 7.78. The van der Waals surface area contributed by atoms with Gasteiger partial charge in [0.1, 0.15) is 0 Å². The van der Waals surface area contributed by atoms with Crippen LogP contribution in [0.25, 0.3) is 0 Å². The fourth-order valence-electron chi connectivity index (χ4n) is 2.09. The van der Waals surface area contributed by atoms with Gasteiger partial charge in [0.05, 0.1) is 13.3 Å². The molecular weight excluding hydrogens is 334 g/mol. The minimum Gasteiger partial charge on any atom is -0.493 e. The minimum absolute atomic E-state index is 0.132. The van der Waals surface area contributed by atoms with Gasteiger partial charge in [-0.2, -0.15) is 5.10 Å². The zero-order valence-electron chi connectivity index (χ0n) is 14.6. The van der Waals surface area contributed by atoms with Gasteiger partial charge in [0, 0.05) is 5.69 Å². The van der Waals surface area contributed by atoms with Gasteiger partial charge in [-0.05, 0) is 42.3 Å². The SMILES string of the molecule is COc1cc(C=NN=C(N)N)ccc1OCC(=O)Nc1ccccc1C. The van der Waals surface area contributed by atoms with Crippen LogP contribution in [0.15, 0.2) is 52.7 Å². The predicted octanol–water partition coefficient (Wildman–Crippen LogP) is 1.63. The van der Waals surface area contributed by atoms with Crippen LogP contribution in [0.2, 0.25) is 0 Å². The highest BCUT2D eigenvalue weighted by atomic mass is 16.5. The van der Waals surface area contributed by atoms with Crippen molar-refractivity contribution in [2.45, 2.75) is 6.92 Å². The molecule has 0 fully saturated rings. The van der Waals surface area contributed by atoms with Gasteiger partial charge in [0.2, 0.25) is 5.96 Å². The van der Waals surface area contributed by atoms with Crippen LogP contribution in [-0.2, 0) is 4.79 Å². The van der Waals surface area contributed by atoms with Crippen molar-refractivity contribution in [3.8, 4) is 11.5 Å². The van der Waals surface area contributed by atoms with Crippen molar-refractivity contribution in [2.75, 3.05) is 19.0 Å². The smallest absolute Gasteiger partial charge is 0.262 e. The summed E-state index contributed by atoms with van der Waals surface area (Å²) in [5.74, 6) is 0.501. The molecule has 0 heterocycles. The van der Waals surface area contributed by atoms with E-state index in [2.05, 4.69) is 15.5 Å². The number of nitrogens with zero attached hydrogens (tertiary/aromatic N) is 2. The molecule has 8 nitrogen and oxygen atoms in total. The predicted molar refractivity (Wildman–Crippen MR) is 102 cm³/mol. The molecular formula is C18H21N5O3. The number of ether oxygens (including phenoxy) is 2. The third kappa shape index (κ3) is 5.52. The van der Waals surface area contributed by atoms with E-state index in [0.717, 1.165) is 11.3 Å².